The van der Waals surface area contributed by atoms with Crippen molar-refractivity contribution in [2.45, 2.75) is 19.3 Å². The molecule has 1 aromatic rings. The zero-order valence-corrected chi connectivity index (χ0v) is 14.1. The largest absolute Gasteiger partial charge is 0.497 e. The van der Waals surface area contributed by atoms with Gasteiger partial charge in [0, 0.05) is 11.5 Å². The van der Waals surface area contributed by atoms with Crippen LogP contribution in [0, 0.1) is 5.41 Å². The summed E-state index contributed by atoms with van der Waals surface area (Å²) in [4.78, 5) is 36.8. The first-order chi connectivity index (χ1) is 11.5. The van der Waals surface area contributed by atoms with E-state index in [1.807, 2.05) is 0 Å². The maximum Gasteiger partial charge on any atom is 0.324 e. The standard InChI is InChI=1S/C18H20O6/c1-11-9-18(16(20)23-3,17(21)24-4)15(14(11)10-19)12-5-7-13(22-2)8-6-12/h5-8,10,15H,9H2,1-4H3/t15-/m1/s1. The zero-order valence-electron chi connectivity index (χ0n) is 14.1. The molecule has 0 fully saturated rings. The zero-order chi connectivity index (χ0) is 17.9. The van der Waals surface area contributed by atoms with Gasteiger partial charge in [-0.15, -0.1) is 0 Å². The van der Waals surface area contributed by atoms with E-state index >= 15 is 0 Å². The van der Waals surface area contributed by atoms with Gasteiger partial charge in [-0.05, 0) is 31.0 Å². The van der Waals surface area contributed by atoms with Crippen molar-refractivity contribution in [3.8, 4) is 5.75 Å². The Bertz CT molecular complexity index is 670. The Morgan fingerprint density at radius 3 is 2.04 bits per heavy atom. The average molecular weight is 332 g/mol. The predicted octanol–water partition coefficient (Wildman–Crippen LogP) is 2.03. The molecule has 0 bridgehead atoms. The van der Waals surface area contributed by atoms with Gasteiger partial charge in [0.2, 0.25) is 0 Å². The van der Waals surface area contributed by atoms with Crippen molar-refractivity contribution in [3.05, 3.63) is 41.0 Å². The minimum atomic E-state index is -1.60. The van der Waals surface area contributed by atoms with E-state index in [1.165, 1.54) is 14.2 Å². The molecule has 1 aliphatic carbocycles. The fourth-order valence-corrected chi connectivity index (χ4v) is 3.39. The molecule has 0 aliphatic heterocycles. The van der Waals surface area contributed by atoms with Crippen molar-refractivity contribution in [1.29, 1.82) is 0 Å². The van der Waals surface area contributed by atoms with Crippen molar-refractivity contribution < 1.29 is 28.6 Å². The van der Waals surface area contributed by atoms with E-state index in [0.717, 1.165) is 0 Å². The molecule has 0 N–H and O–H groups in total. The first-order valence-electron chi connectivity index (χ1n) is 7.41. The van der Waals surface area contributed by atoms with Gasteiger partial charge < -0.3 is 14.2 Å². The molecule has 128 valence electrons. The smallest absolute Gasteiger partial charge is 0.324 e. The highest BCUT2D eigenvalue weighted by Crippen LogP contribution is 2.53. The molecule has 0 heterocycles. The van der Waals surface area contributed by atoms with Crippen LogP contribution < -0.4 is 4.74 Å². The van der Waals surface area contributed by atoms with Crippen molar-refractivity contribution >= 4 is 18.2 Å². The summed E-state index contributed by atoms with van der Waals surface area (Å²) in [6.07, 6.45) is 0.773. The van der Waals surface area contributed by atoms with Crippen LogP contribution in [0.5, 0.6) is 5.75 Å². The van der Waals surface area contributed by atoms with Gasteiger partial charge in [-0.1, -0.05) is 17.7 Å². The Balaban J connectivity index is 2.67. The van der Waals surface area contributed by atoms with Gasteiger partial charge in [-0.2, -0.15) is 0 Å². The Morgan fingerprint density at radius 2 is 1.62 bits per heavy atom. The molecular formula is C18H20O6. The van der Waals surface area contributed by atoms with E-state index in [2.05, 4.69) is 0 Å². The van der Waals surface area contributed by atoms with Gasteiger partial charge in [0.1, 0.15) is 12.0 Å². The molecule has 0 saturated carbocycles. The fraction of sp³-hybridized carbons (Fsp3) is 0.389. The van der Waals surface area contributed by atoms with Gasteiger partial charge in [-0.25, -0.2) is 0 Å². The van der Waals surface area contributed by atoms with Crippen LogP contribution in [-0.2, 0) is 23.9 Å². The summed E-state index contributed by atoms with van der Waals surface area (Å²) >= 11 is 0. The maximum absolute atomic E-state index is 12.6. The third kappa shape index (κ3) is 2.58. The predicted molar refractivity (Wildman–Crippen MR) is 85.6 cm³/mol. The number of allylic oxidation sites excluding steroid dienone is 2. The normalized spacial score (nSPS) is 18.9. The molecule has 1 aromatic carbocycles. The number of carbonyl (C=O) groups is 3. The molecule has 0 saturated heterocycles. The third-order valence-corrected chi connectivity index (χ3v) is 4.52. The second kappa shape index (κ2) is 6.86. The molecule has 6 nitrogen and oxygen atoms in total. The Labute approximate surface area is 140 Å². The van der Waals surface area contributed by atoms with Gasteiger partial charge in [-0.3, -0.25) is 14.4 Å². The number of ether oxygens (including phenoxy) is 3. The number of carbonyl (C=O) groups excluding carboxylic acids is 3. The van der Waals surface area contributed by atoms with E-state index in [9.17, 15) is 14.4 Å². The topological polar surface area (TPSA) is 78.9 Å². The van der Waals surface area contributed by atoms with Crippen molar-refractivity contribution in [1.82, 2.24) is 0 Å². The Kier molecular flexibility index (Phi) is 5.07. The lowest BCUT2D eigenvalue weighted by Crippen LogP contribution is -2.44. The second-order valence-corrected chi connectivity index (χ2v) is 5.69. The van der Waals surface area contributed by atoms with E-state index in [0.29, 0.717) is 28.7 Å². The van der Waals surface area contributed by atoms with E-state index in [1.54, 1.807) is 38.3 Å². The van der Waals surface area contributed by atoms with Crippen LogP contribution >= 0.6 is 0 Å². The first kappa shape index (κ1) is 17.7. The lowest BCUT2D eigenvalue weighted by atomic mass is 9.71. The first-order valence-corrected chi connectivity index (χ1v) is 7.41. The number of benzene rings is 1. The van der Waals surface area contributed by atoms with E-state index in [-0.39, 0.29) is 6.42 Å². The molecule has 6 heteroatoms. The van der Waals surface area contributed by atoms with Crippen LogP contribution in [0.3, 0.4) is 0 Å². The lowest BCUT2D eigenvalue weighted by Gasteiger charge is -2.31. The number of hydrogen-bond acceptors (Lipinski definition) is 6. The Hall–Kier alpha value is -2.63. The highest BCUT2D eigenvalue weighted by molar-refractivity contribution is 6.05. The van der Waals surface area contributed by atoms with Gasteiger partial charge in [0.05, 0.1) is 21.3 Å². The number of rotatable bonds is 5. The summed E-state index contributed by atoms with van der Waals surface area (Å²) in [5, 5.41) is 0. The third-order valence-electron chi connectivity index (χ3n) is 4.52. The van der Waals surface area contributed by atoms with Gasteiger partial charge in [0.15, 0.2) is 5.41 Å². The lowest BCUT2D eigenvalue weighted by molar-refractivity contribution is -0.169. The quantitative estimate of drug-likeness (QED) is 0.466. The molecule has 2 rings (SSSR count). The highest BCUT2D eigenvalue weighted by Gasteiger charge is 2.60. The second-order valence-electron chi connectivity index (χ2n) is 5.69. The van der Waals surface area contributed by atoms with Crippen molar-refractivity contribution in [3.63, 3.8) is 0 Å². The summed E-state index contributed by atoms with van der Waals surface area (Å²) in [5.74, 6) is -1.56. The minimum absolute atomic E-state index is 0.0805. The highest BCUT2D eigenvalue weighted by atomic mass is 16.5. The number of hydrogen-bond donors (Lipinski definition) is 0. The molecule has 0 spiro atoms. The number of esters is 2. The van der Waals surface area contributed by atoms with Crippen LogP contribution in [0.4, 0.5) is 0 Å². The fourth-order valence-electron chi connectivity index (χ4n) is 3.39. The molecule has 0 unspecified atom stereocenters. The summed E-state index contributed by atoms with van der Waals surface area (Å²) < 4.78 is 14.9. The maximum atomic E-state index is 12.6. The molecule has 24 heavy (non-hydrogen) atoms. The SMILES string of the molecule is COC(=O)C1(C(=O)OC)CC(C)=C(C=O)[C@H]1c1ccc(OC)cc1. The minimum Gasteiger partial charge on any atom is -0.497 e. The van der Waals surface area contributed by atoms with Crippen LogP contribution in [0.1, 0.15) is 24.8 Å². The van der Waals surface area contributed by atoms with Crippen molar-refractivity contribution in [2.24, 2.45) is 5.41 Å². The van der Waals surface area contributed by atoms with E-state index in [4.69, 9.17) is 14.2 Å². The van der Waals surface area contributed by atoms with Crippen LogP contribution in [0.2, 0.25) is 0 Å². The number of aldehydes is 1. The Morgan fingerprint density at radius 1 is 1.08 bits per heavy atom. The van der Waals surface area contributed by atoms with Crippen LogP contribution in [0.15, 0.2) is 35.4 Å². The van der Waals surface area contributed by atoms with Crippen LogP contribution in [-0.4, -0.2) is 39.6 Å². The summed E-state index contributed by atoms with van der Waals surface area (Å²) in [6.45, 7) is 1.73. The summed E-state index contributed by atoms with van der Waals surface area (Å²) in [6, 6.07) is 6.88. The average Bonchev–Trinajstić information content (AvgIpc) is 2.93. The van der Waals surface area contributed by atoms with Crippen LogP contribution in [0.25, 0.3) is 0 Å². The van der Waals surface area contributed by atoms with Gasteiger partial charge in [0.25, 0.3) is 0 Å². The molecular weight excluding hydrogens is 312 g/mol. The monoisotopic (exact) mass is 332 g/mol. The molecule has 1 atom stereocenters. The van der Waals surface area contributed by atoms with Crippen molar-refractivity contribution in [2.75, 3.05) is 21.3 Å². The molecule has 1 aliphatic rings. The number of methoxy groups -OCH3 is 3. The molecule has 0 radical (unpaired) electrons. The molecule has 0 aromatic heterocycles. The van der Waals surface area contributed by atoms with E-state index < -0.39 is 23.3 Å². The molecule has 0 amide bonds. The summed E-state index contributed by atoms with van der Waals surface area (Å²) in [5.41, 5.74) is 0.112. The summed E-state index contributed by atoms with van der Waals surface area (Å²) in [7, 11) is 3.97. The van der Waals surface area contributed by atoms with Gasteiger partial charge >= 0.3 is 11.9 Å².